The zero-order chi connectivity index (χ0) is 20.9. The number of rotatable bonds is 6. The number of pyridine rings is 1. The zero-order valence-electron chi connectivity index (χ0n) is 16.5. The second kappa shape index (κ2) is 8.70. The van der Waals surface area contributed by atoms with E-state index in [0.29, 0.717) is 11.4 Å². The summed E-state index contributed by atoms with van der Waals surface area (Å²) in [6, 6.07) is 13.2. The van der Waals surface area contributed by atoms with E-state index in [4.69, 9.17) is 0 Å². The Hall–Kier alpha value is -3.79. The average Bonchev–Trinajstić information content (AvgIpc) is 3.20. The first kappa shape index (κ1) is 19.5. The summed E-state index contributed by atoms with van der Waals surface area (Å²) in [5.74, 6) is 0.328. The molecule has 3 aromatic rings. The number of anilines is 1. The highest BCUT2D eigenvalue weighted by Crippen LogP contribution is 2.23. The van der Waals surface area contributed by atoms with Gasteiger partial charge in [0.15, 0.2) is 17.4 Å². The van der Waals surface area contributed by atoms with Crippen LogP contribution in [0.5, 0.6) is 0 Å². The van der Waals surface area contributed by atoms with Crippen LogP contribution >= 0.6 is 0 Å². The molecule has 0 aliphatic heterocycles. The molecule has 0 spiro atoms. The van der Waals surface area contributed by atoms with Gasteiger partial charge in [-0.1, -0.05) is 18.2 Å². The molecule has 7 nitrogen and oxygen atoms in total. The van der Waals surface area contributed by atoms with E-state index in [0.717, 1.165) is 19.3 Å². The van der Waals surface area contributed by atoms with Crippen LogP contribution in [-0.4, -0.2) is 26.5 Å². The molecule has 1 aromatic carbocycles. The summed E-state index contributed by atoms with van der Waals surface area (Å²) in [4.78, 5) is 29.3. The van der Waals surface area contributed by atoms with Crippen molar-refractivity contribution in [2.75, 3.05) is 5.32 Å². The van der Waals surface area contributed by atoms with E-state index < -0.39 is 0 Å². The van der Waals surface area contributed by atoms with E-state index >= 15 is 0 Å². The Morgan fingerprint density at radius 3 is 2.70 bits per heavy atom. The molecular formula is C23H21N5O2. The molecular weight excluding hydrogens is 378 g/mol. The molecule has 0 fully saturated rings. The maximum absolute atomic E-state index is 12.6. The smallest absolute Gasteiger partial charge is 0.226 e. The molecule has 30 heavy (non-hydrogen) atoms. The highest BCUT2D eigenvalue weighted by atomic mass is 16.2. The number of nitriles is 1. The fourth-order valence-electron chi connectivity index (χ4n) is 3.68. The standard InChI is InChI=1S/C23H21N5O2/c24-14-19-15-26-28(21-7-3-4-12-25-21)23(19)27-22(30)11-10-20(29)18-9-8-16-5-1-2-6-17(16)13-18/h3-4,7-9,12-13,15H,1-2,5-6,10-11H2,(H,27,30). The molecule has 150 valence electrons. The van der Waals surface area contributed by atoms with Gasteiger partial charge in [-0.15, -0.1) is 0 Å². The van der Waals surface area contributed by atoms with E-state index in [1.165, 1.54) is 28.4 Å². The molecule has 2 heterocycles. The number of ketones is 1. The molecule has 7 heteroatoms. The largest absolute Gasteiger partial charge is 0.309 e. The van der Waals surface area contributed by atoms with E-state index in [2.05, 4.69) is 15.4 Å². The van der Waals surface area contributed by atoms with Crippen molar-refractivity contribution in [2.45, 2.75) is 38.5 Å². The normalized spacial score (nSPS) is 12.6. The third-order valence-corrected chi connectivity index (χ3v) is 5.26. The molecule has 4 rings (SSSR count). The number of nitrogens with zero attached hydrogens (tertiary/aromatic N) is 4. The number of nitrogens with one attached hydrogen (secondary N) is 1. The first-order valence-electron chi connectivity index (χ1n) is 10.00. The summed E-state index contributed by atoms with van der Waals surface area (Å²) in [7, 11) is 0. The topological polar surface area (TPSA) is 101 Å². The van der Waals surface area contributed by atoms with Crippen LogP contribution < -0.4 is 5.32 Å². The fraction of sp³-hybridized carbons (Fsp3) is 0.261. The molecule has 0 atom stereocenters. The summed E-state index contributed by atoms with van der Waals surface area (Å²) in [6.07, 6.45) is 7.52. The average molecular weight is 399 g/mol. The minimum Gasteiger partial charge on any atom is -0.309 e. The van der Waals surface area contributed by atoms with Gasteiger partial charge in [-0.3, -0.25) is 9.59 Å². The fourth-order valence-corrected chi connectivity index (χ4v) is 3.68. The van der Waals surface area contributed by atoms with Crippen molar-refractivity contribution >= 4 is 17.5 Å². The molecule has 0 radical (unpaired) electrons. The van der Waals surface area contributed by atoms with Crippen molar-refractivity contribution in [1.82, 2.24) is 14.8 Å². The highest BCUT2D eigenvalue weighted by Gasteiger charge is 2.18. The summed E-state index contributed by atoms with van der Waals surface area (Å²) in [5, 5.41) is 16.2. The van der Waals surface area contributed by atoms with Crippen LogP contribution in [0.2, 0.25) is 0 Å². The summed E-state index contributed by atoms with van der Waals surface area (Å²) < 4.78 is 1.40. The number of aromatic nitrogens is 3. The Morgan fingerprint density at radius 1 is 1.10 bits per heavy atom. The van der Waals surface area contributed by atoms with E-state index in [1.807, 2.05) is 24.3 Å². The van der Waals surface area contributed by atoms with Gasteiger partial charge in [0.25, 0.3) is 0 Å². The molecule has 1 amide bonds. The number of Topliss-reactive ketones (excluding diaryl/α,β-unsaturated/α-hetero) is 1. The van der Waals surface area contributed by atoms with E-state index in [-0.39, 0.29) is 35.9 Å². The predicted octanol–water partition coefficient (Wildman–Crippen LogP) is 3.62. The van der Waals surface area contributed by atoms with Crippen molar-refractivity contribution in [2.24, 2.45) is 0 Å². The Kier molecular flexibility index (Phi) is 5.66. The Balaban J connectivity index is 1.43. The van der Waals surface area contributed by atoms with Gasteiger partial charge in [0, 0.05) is 24.6 Å². The summed E-state index contributed by atoms with van der Waals surface area (Å²) in [6.45, 7) is 0. The summed E-state index contributed by atoms with van der Waals surface area (Å²) in [5.41, 5.74) is 3.45. The van der Waals surface area contributed by atoms with Crippen LogP contribution in [0, 0.1) is 11.3 Å². The number of benzene rings is 1. The minimum absolute atomic E-state index is 0.0220. The number of carbonyl (C=O) groups is 2. The number of carbonyl (C=O) groups excluding carboxylic acids is 2. The van der Waals surface area contributed by atoms with Gasteiger partial charge in [-0.2, -0.15) is 15.0 Å². The highest BCUT2D eigenvalue weighted by molar-refractivity contribution is 6.00. The van der Waals surface area contributed by atoms with Gasteiger partial charge >= 0.3 is 0 Å². The van der Waals surface area contributed by atoms with Crippen LogP contribution in [0.1, 0.15) is 52.7 Å². The van der Waals surface area contributed by atoms with Gasteiger partial charge in [-0.25, -0.2) is 4.98 Å². The number of fused-ring (bicyclic) bond motifs is 1. The maximum atomic E-state index is 12.6. The maximum Gasteiger partial charge on any atom is 0.226 e. The van der Waals surface area contributed by atoms with Gasteiger partial charge in [-0.05, 0) is 55.0 Å². The first-order chi connectivity index (χ1) is 14.7. The number of aryl methyl sites for hydroxylation is 2. The van der Waals surface area contributed by atoms with Crippen molar-refractivity contribution in [3.05, 3.63) is 71.0 Å². The number of hydrogen-bond donors (Lipinski definition) is 1. The van der Waals surface area contributed by atoms with Crippen molar-refractivity contribution in [3.63, 3.8) is 0 Å². The van der Waals surface area contributed by atoms with Crippen LogP contribution in [0.3, 0.4) is 0 Å². The quantitative estimate of drug-likeness (QED) is 0.638. The lowest BCUT2D eigenvalue weighted by molar-refractivity contribution is -0.116. The number of hydrogen-bond acceptors (Lipinski definition) is 5. The second-order valence-electron chi connectivity index (χ2n) is 7.28. The molecule has 2 aromatic heterocycles. The molecule has 1 N–H and O–H groups in total. The Morgan fingerprint density at radius 2 is 1.93 bits per heavy atom. The van der Waals surface area contributed by atoms with Gasteiger partial charge in [0.1, 0.15) is 11.6 Å². The van der Waals surface area contributed by atoms with Crippen LogP contribution in [0.4, 0.5) is 5.82 Å². The van der Waals surface area contributed by atoms with Crippen LogP contribution in [0.15, 0.2) is 48.8 Å². The third-order valence-electron chi connectivity index (χ3n) is 5.26. The van der Waals surface area contributed by atoms with Crippen LogP contribution in [0.25, 0.3) is 5.82 Å². The molecule has 1 aliphatic rings. The lowest BCUT2D eigenvalue weighted by atomic mass is 9.89. The van der Waals surface area contributed by atoms with Gasteiger partial charge < -0.3 is 5.32 Å². The third kappa shape index (κ3) is 4.13. The minimum atomic E-state index is -0.351. The van der Waals surface area contributed by atoms with Crippen molar-refractivity contribution in [3.8, 4) is 11.9 Å². The Labute approximate surface area is 174 Å². The molecule has 1 aliphatic carbocycles. The van der Waals surface area contributed by atoms with E-state index in [9.17, 15) is 14.9 Å². The van der Waals surface area contributed by atoms with E-state index in [1.54, 1.807) is 24.4 Å². The zero-order valence-corrected chi connectivity index (χ0v) is 16.5. The van der Waals surface area contributed by atoms with Crippen LogP contribution in [-0.2, 0) is 17.6 Å². The van der Waals surface area contributed by atoms with Crippen molar-refractivity contribution in [1.29, 1.82) is 5.26 Å². The predicted molar refractivity (Wildman–Crippen MR) is 111 cm³/mol. The van der Waals surface area contributed by atoms with Gasteiger partial charge in [0.2, 0.25) is 5.91 Å². The number of amides is 1. The molecule has 0 unspecified atom stereocenters. The SMILES string of the molecule is N#Cc1cnn(-c2ccccn2)c1NC(=O)CCC(=O)c1ccc2c(c1)CCCC2. The monoisotopic (exact) mass is 399 g/mol. The lowest BCUT2D eigenvalue weighted by Crippen LogP contribution is -2.17. The molecule has 0 bridgehead atoms. The molecule has 0 saturated heterocycles. The van der Waals surface area contributed by atoms with Crippen molar-refractivity contribution < 1.29 is 9.59 Å². The lowest BCUT2D eigenvalue weighted by Gasteiger charge is -2.16. The first-order valence-corrected chi connectivity index (χ1v) is 10.00. The van der Waals surface area contributed by atoms with Gasteiger partial charge in [0.05, 0.1) is 6.20 Å². The second-order valence-corrected chi connectivity index (χ2v) is 7.28. The Bertz CT molecular complexity index is 1130. The summed E-state index contributed by atoms with van der Waals surface area (Å²) >= 11 is 0. The molecule has 0 saturated carbocycles.